The SMILES string of the molecule is CCC(C)[C@H](N)C(=O)Nc1ccc(C)cc1OCCOC. The smallest absolute Gasteiger partial charge is 0.241 e. The van der Waals surface area contributed by atoms with E-state index in [9.17, 15) is 4.79 Å². The first-order valence-corrected chi connectivity index (χ1v) is 7.28. The molecule has 118 valence electrons. The van der Waals surface area contributed by atoms with Gasteiger partial charge in [-0.15, -0.1) is 0 Å². The molecule has 0 heterocycles. The lowest BCUT2D eigenvalue weighted by Crippen LogP contribution is -2.40. The van der Waals surface area contributed by atoms with Gasteiger partial charge in [0.2, 0.25) is 5.91 Å². The van der Waals surface area contributed by atoms with Gasteiger partial charge in [-0.25, -0.2) is 0 Å². The number of rotatable bonds is 8. The van der Waals surface area contributed by atoms with Crippen LogP contribution in [0.25, 0.3) is 0 Å². The number of carbonyl (C=O) groups excluding carboxylic acids is 1. The summed E-state index contributed by atoms with van der Waals surface area (Å²) in [7, 11) is 1.62. The second-order valence-corrected chi connectivity index (χ2v) is 5.24. The number of amides is 1. The molecule has 0 saturated carbocycles. The molecule has 5 heteroatoms. The predicted molar refractivity (Wildman–Crippen MR) is 84.6 cm³/mol. The minimum absolute atomic E-state index is 0.133. The Kier molecular flexibility index (Phi) is 7.19. The van der Waals surface area contributed by atoms with Crippen LogP contribution in [0.1, 0.15) is 25.8 Å². The van der Waals surface area contributed by atoms with E-state index >= 15 is 0 Å². The predicted octanol–water partition coefficient (Wildman–Crippen LogP) is 2.33. The number of hydrogen-bond donors (Lipinski definition) is 2. The Morgan fingerprint density at radius 3 is 2.71 bits per heavy atom. The van der Waals surface area contributed by atoms with E-state index in [1.807, 2.05) is 39.0 Å². The molecule has 0 saturated heterocycles. The van der Waals surface area contributed by atoms with Gasteiger partial charge >= 0.3 is 0 Å². The molecular weight excluding hydrogens is 268 g/mol. The van der Waals surface area contributed by atoms with Crippen LogP contribution in [0.3, 0.4) is 0 Å². The Morgan fingerprint density at radius 1 is 1.38 bits per heavy atom. The van der Waals surface area contributed by atoms with E-state index in [0.29, 0.717) is 24.7 Å². The molecule has 1 aromatic rings. The van der Waals surface area contributed by atoms with Crippen LogP contribution >= 0.6 is 0 Å². The fraction of sp³-hybridized carbons (Fsp3) is 0.562. The Morgan fingerprint density at radius 2 is 2.10 bits per heavy atom. The molecule has 0 bridgehead atoms. The Balaban J connectivity index is 2.79. The highest BCUT2D eigenvalue weighted by Gasteiger charge is 2.20. The Bertz CT molecular complexity index is 463. The number of anilines is 1. The molecule has 1 aromatic carbocycles. The summed E-state index contributed by atoms with van der Waals surface area (Å²) in [5.74, 6) is 0.579. The summed E-state index contributed by atoms with van der Waals surface area (Å²) in [6, 6.07) is 5.12. The monoisotopic (exact) mass is 294 g/mol. The average molecular weight is 294 g/mol. The molecule has 0 aromatic heterocycles. The molecule has 1 rings (SSSR count). The van der Waals surface area contributed by atoms with Gasteiger partial charge in [-0.1, -0.05) is 26.3 Å². The minimum atomic E-state index is -0.525. The van der Waals surface area contributed by atoms with E-state index in [-0.39, 0.29) is 11.8 Å². The lowest BCUT2D eigenvalue weighted by atomic mass is 9.99. The standard InChI is InChI=1S/C16H26N2O3/c1-5-12(3)15(17)16(19)18-13-7-6-11(2)10-14(13)21-9-8-20-4/h6-7,10,12,15H,5,8-9,17H2,1-4H3,(H,18,19)/t12?,15-/m0/s1. The third-order valence-corrected chi connectivity index (χ3v) is 3.50. The molecular formula is C16H26N2O3. The maximum Gasteiger partial charge on any atom is 0.241 e. The molecule has 1 amide bonds. The van der Waals surface area contributed by atoms with E-state index in [1.54, 1.807) is 7.11 Å². The molecule has 21 heavy (non-hydrogen) atoms. The zero-order chi connectivity index (χ0) is 15.8. The molecule has 1 unspecified atom stereocenters. The highest BCUT2D eigenvalue weighted by Crippen LogP contribution is 2.26. The first kappa shape index (κ1) is 17.5. The van der Waals surface area contributed by atoms with Crippen LogP contribution in [0, 0.1) is 12.8 Å². The number of carbonyl (C=O) groups is 1. The van der Waals surface area contributed by atoms with Gasteiger partial charge in [0.05, 0.1) is 18.3 Å². The van der Waals surface area contributed by atoms with Gasteiger partial charge < -0.3 is 20.5 Å². The van der Waals surface area contributed by atoms with Crippen LogP contribution in [0.5, 0.6) is 5.75 Å². The number of nitrogens with one attached hydrogen (secondary N) is 1. The zero-order valence-electron chi connectivity index (χ0n) is 13.3. The highest BCUT2D eigenvalue weighted by molar-refractivity contribution is 5.96. The van der Waals surface area contributed by atoms with Gasteiger partial charge in [-0.3, -0.25) is 4.79 Å². The quantitative estimate of drug-likeness (QED) is 0.722. The molecule has 0 aliphatic carbocycles. The van der Waals surface area contributed by atoms with Crippen LogP contribution < -0.4 is 15.8 Å². The van der Waals surface area contributed by atoms with Crippen LogP contribution in [-0.2, 0) is 9.53 Å². The summed E-state index contributed by atoms with van der Waals surface area (Å²) < 4.78 is 10.6. The normalized spacial score (nSPS) is 13.6. The van der Waals surface area contributed by atoms with Crippen LogP contribution in [-0.4, -0.2) is 32.3 Å². The topological polar surface area (TPSA) is 73.6 Å². The lowest BCUT2D eigenvalue weighted by molar-refractivity contribution is -0.118. The number of benzene rings is 1. The van der Waals surface area contributed by atoms with E-state index in [2.05, 4.69) is 5.32 Å². The number of nitrogens with two attached hydrogens (primary N) is 1. The van der Waals surface area contributed by atoms with Crippen molar-refractivity contribution in [3.05, 3.63) is 23.8 Å². The summed E-state index contributed by atoms with van der Waals surface area (Å²) >= 11 is 0. The van der Waals surface area contributed by atoms with E-state index < -0.39 is 6.04 Å². The fourth-order valence-corrected chi connectivity index (χ4v) is 1.82. The van der Waals surface area contributed by atoms with Crippen molar-refractivity contribution in [1.29, 1.82) is 0 Å². The zero-order valence-corrected chi connectivity index (χ0v) is 13.3. The summed E-state index contributed by atoms with van der Waals surface area (Å²) in [6.45, 7) is 6.88. The average Bonchev–Trinajstić information content (AvgIpc) is 2.48. The first-order valence-electron chi connectivity index (χ1n) is 7.28. The van der Waals surface area contributed by atoms with E-state index in [0.717, 1.165) is 12.0 Å². The van der Waals surface area contributed by atoms with Crippen LogP contribution in [0.2, 0.25) is 0 Å². The molecule has 2 atom stereocenters. The molecule has 0 spiro atoms. The van der Waals surface area contributed by atoms with Crippen molar-refractivity contribution >= 4 is 11.6 Å². The fourth-order valence-electron chi connectivity index (χ4n) is 1.82. The third kappa shape index (κ3) is 5.36. The van der Waals surface area contributed by atoms with Crippen molar-refractivity contribution in [2.24, 2.45) is 11.7 Å². The maximum absolute atomic E-state index is 12.2. The molecule has 0 radical (unpaired) electrons. The summed E-state index contributed by atoms with van der Waals surface area (Å²) in [6.07, 6.45) is 0.861. The van der Waals surface area contributed by atoms with Crippen molar-refractivity contribution in [3.8, 4) is 5.75 Å². The number of hydrogen-bond acceptors (Lipinski definition) is 4. The van der Waals surface area contributed by atoms with Crippen molar-refractivity contribution in [2.75, 3.05) is 25.6 Å². The van der Waals surface area contributed by atoms with Crippen LogP contribution in [0.4, 0.5) is 5.69 Å². The molecule has 0 fully saturated rings. The minimum Gasteiger partial charge on any atom is -0.489 e. The van der Waals surface area contributed by atoms with Crippen molar-refractivity contribution in [3.63, 3.8) is 0 Å². The molecule has 0 aliphatic rings. The first-order chi connectivity index (χ1) is 9.99. The summed E-state index contributed by atoms with van der Waals surface area (Å²) in [5.41, 5.74) is 7.65. The second kappa shape index (κ2) is 8.64. The van der Waals surface area contributed by atoms with Crippen molar-refractivity contribution in [2.45, 2.75) is 33.2 Å². The van der Waals surface area contributed by atoms with Gasteiger partial charge in [-0.05, 0) is 30.5 Å². The number of methoxy groups -OCH3 is 1. The maximum atomic E-state index is 12.2. The third-order valence-electron chi connectivity index (χ3n) is 3.50. The second-order valence-electron chi connectivity index (χ2n) is 5.24. The molecule has 0 aliphatic heterocycles. The Labute approximate surface area is 126 Å². The summed E-state index contributed by atoms with van der Waals surface area (Å²) in [4.78, 5) is 12.2. The van der Waals surface area contributed by atoms with E-state index in [1.165, 1.54) is 0 Å². The van der Waals surface area contributed by atoms with Gasteiger partial charge in [0.15, 0.2) is 0 Å². The summed E-state index contributed by atoms with van der Waals surface area (Å²) in [5, 5.41) is 2.85. The van der Waals surface area contributed by atoms with Gasteiger partial charge in [0.25, 0.3) is 0 Å². The Hall–Kier alpha value is -1.59. The van der Waals surface area contributed by atoms with Crippen LogP contribution in [0.15, 0.2) is 18.2 Å². The number of aryl methyl sites for hydroxylation is 1. The van der Waals surface area contributed by atoms with Gasteiger partial charge in [-0.2, -0.15) is 0 Å². The molecule has 5 nitrogen and oxygen atoms in total. The molecule has 3 N–H and O–H groups in total. The van der Waals surface area contributed by atoms with Gasteiger partial charge in [0, 0.05) is 7.11 Å². The largest absolute Gasteiger partial charge is 0.489 e. The lowest BCUT2D eigenvalue weighted by Gasteiger charge is -2.19. The van der Waals surface area contributed by atoms with Gasteiger partial charge in [0.1, 0.15) is 12.4 Å². The van der Waals surface area contributed by atoms with Crippen molar-refractivity contribution < 1.29 is 14.3 Å². The highest BCUT2D eigenvalue weighted by atomic mass is 16.5. The van der Waals surface area contributed by atoms with Crippen molar-refractivity contribution in [1.82, 2.24) is 0 Å². The van der Waals surface area contributed by atoms with E-state index in [4.69, 9.17) is 15.2 Å². The number of ether oxygens (including phenoxy) is 2.